The molecule has 0 saturated heterocycles. The summed E-state index contributed by atoms with van der Waals surface area (Å²) >= 11 is 0. The van der Waals surface area contributed by atoms with Gasteiger partial charge >= 0.3 is 17.9 Å². The molecule has 0 fully saturated rings. The summed E-state index contributed by atoms with van der Waals surface area (Å²) in [7, 11) is 1.24. The number of hydrogen-bond acceptors (Lipinski definition) is 7. The summed E-state index contributed by atoms with van der Waals surface area (Å²) in [5, 5.41) is 2.69. The van der Waals surface area contributed by atoms with Gasteiger partial charge in [0.2, 0.25) is 0 Å². The fourth-order valence-corrected chi connectivity index (χ4v) is 3.09. The Morgan fingerprint density at radius 1 is 0.727 bits per heavy atom. The third-order valence-electron chi connectivity index (χ3n) is 4.49. The van der Waals surface area contributed by atoms with E-state index < -0.39 is 23.8 Å². The minimum absolute atomic E-state index is 0.00188. The van der Waals surface area contributed by atoms with E-state index in [1.807, 2.05) is 30.3 Å². The van der Waals surface area contributed by atoms with E-state index in [0.717, 1.165) is 11.1 Å². The molecule has 3 aromatic carbocycles. The summed E-state index contributed by atoms with van der Waals surface area (Å²) in [6.45, 7) is 2.40. The maximum atomic E-state index is 13.1. The van der Waals surface area contributed by atoms with E-state index in [1.165, 1.54) is 39.2 Å². The van der Waals surface area contributed by atoms with Gasteiger partial charge < -0.3 is 19.5 Å². The average molecular weight is 447 g/mol. The highest BCUT2D eigenvalue weighted by Gasteiger charge is 2.20. The van der Waals surface area contributed by atoms with Gasteiger partial charge in [-0.05, 0) is 35.4 Å². The van der Waals surface area contributed by atoms with Crippen molar-refractivity contribution < 1.29 is 33.4 Å². The second-order valence-corrected chi connectivity index (χ2v) is 6.92. The molecule has 3 rings (SSSR count). The standard InChI is InChI=1S/C25H21NO7/c1-15(27)32-19-10-12-21(23(14-19)33-16(2)28)24(29)26-22-13-18(17-7-5-4-6-8-17)9-11-20(22)25(30)31-3/h4-14H,1-3H3,(H,26,29). The second-order valence-electron chi connectivity index (χ2n) is 6.92. The van der Waals surface area contributed by atoms with Crippen molar-refractivity contribution in [2.45, 2.75) is 13.8 Å². The van der Waals surface area contributed by atoms with Crippen molar-refractivity contribution in [3.8, 4) is 22.6 Å². The number of carbonyl (C=O) groups excluding carboxylic acids is 4. The fourth-order valence-electron chi connectivity index (χ4n) is 3.09. The Hall–Kier alpha value is -4.46. The van der Waals surface area contributed by atoms with Gasteiger partial charge in [-0.1, -0.05) is 36.4 Å². The van der Waals surface area contributed by atoms with Gasteiger partial charge in [-0.2, -0.15) is 0 Å². The van der Waals surface area contributed by atoms with Crippen molar-refractivity contribution >= 4 is 29.5 Å². The van der Waals surface area contributed by atoms with Crippen LogP contribution in [0.25, 0.3) is 11.1 Å². The summed E-state index contributed by atoms with van der Waals surface area (Å²) in [4.78, 5) is 48.1. The van der Waals surface area contributed by atoms with E-state index in [0.29, 0.717) is 0 Å². The summed E-state index contributed by atoms with van der Waals surface area (Å²) in [5.41, 5.74) is 2.02. The SMILES string of the molecule is COC(=O)c1ccc(-c2ccccc2)cc1NC(=O)c1ccc(OC(C)=O)cc1OC(C)=O. The number of esters is 3. The van der Waals surface area contributed by atoms with Crippen LogP contribution in [-0.2, 0) is 14.3 Å². The number of amides is 1. The van der Waals surface area contributed by atoms with Gasteiger partial charge in [0, 0.05) is 19.9 Å². The highest BCUT2D eigenvalue weighted by molar-refractivity contribution is 6.10. The lowest BCUT2D eigenvalue weighted by Crippen LogP contribution is -2.17. The van der Waals surface area contributed by atoms with E-state index in [-0.39, 0.29) is 28.3 Å². The first-order chi connectivity index (χ1) is 15.8. The Balaban J connectivity index is 2.01. The number of carbonyl (C=O) groups is 4. The average Bonchev–Trinajstić information content (AvgIpc) is 2.78. The Kier molecular flexibility index (Phi) is 7.20. The molecule has 0 radical (unpaired) electrons. The van der Waals surface area contributed by atoms with Crippen LogP contribution in [0, 0.1) is 0 Å². The first-order valence-corrected chi connectivity index (χ1v) is 9.88. The van der Waals surface area contributed by atoms with Gasteiger partial charge in [0.1, 0.15) is 11.5 Å². The van der Waals surface area contributed by atoms with Crippen LogP contribution in [0.5, 0.6) is 11.5 Å². The number of rotatable bonds is 6. The summed E-state index contributed by atoms with van der Waals surface area (Å²) in [6.07, 6.45) is 0. The highest BCUT2D eigenvalue weighted by atomic mass is 16.5. The molecule has 0 aliphatic rings. The lowest BCUT2D eigenvalue weighted by molar-refractivity contribution is -0.132. The number of methoxy groups -OCH3 is 1. The summed E-state index contributed by atoms with van der Waals surface area (Å²) in [6, 6.07) is 18.4. The van der Waals surface area contributed by atoms with Crippen molar-refractivity contribution in [1.82, 2.24) is 0 Å². The predicted molar refractivity (Wildman–Crippen MR) is 120 cm³/mol. The molecule has 33 heavy (non-hydrogen) atoms. The van der Waals surface area contributed by atoms with Gasteiger partial charge in [-0.25, -0.2) is 4.79 Å². The molecule has 8 nitrogen and oxygen atoms in total. The predicted octanol–water partition coefficient (Wildman–Crippen LogP) is 4.24. The number of nitrogens with one attached hydrogen (secondary N) is 1. The van der Waals surface area contributed by atoms with Gasteiger partial charge in [0.05, 0.1) is 23.9 Å². The molecule has 0 aliphatic carbocycles. The Morgan fingerprint density at radius 2 is 1.39 bits per heavy atom. The number of anilines is 1. The molecule has 0 saturated carbocycles. The Bertz CT molecular complexity index is 1220. The van der Waals surface area contributed by atoms with Crippen LogP contribution in [0.15, 0.2) is 66.7 Å². The van der Waals surface area contributed by atoms with Crippen LogP contribution in [0.1, 0.15) is 34.6 Å². The number of ether oxygens (including phenoxy) is 3. The molecule has 0 aliphatic heterocycles. The number of benzene rings is 3. The van der Waals surface area contributed by atoms with Crippen LogP contribution >= 0.6 is 0 Å². The highest BCUT2D eigenvalue weighted by Crippen LogP contribution is 2.29. The topological polar surface area (TPSA) is 108 Å². The molecule has 0 aromatic heterocycles. The van der Waals surface area contributed by atoms with Crippen LogP contribution in [0.3, 0.4) is 0 Å². The normalized spacial score (nSPS) is 10.2. The van der Waals surface area contributed by atoms with E-state index in [1.54, 1.807) is 18.2 Å². The molecule has 0 bridgehead atoms. The molecule has 8 heteroatoms. The zero-order valence-electron chi connectivity index (χ0n) is 18.2. The zero-order valence-corrected chi connectivity index (χ0v) is 18.2. The van der Waals surface area contributed by atoms with Crippen LogP contribution < -0.4 is 14.8 Å². The Morgan fingerprint density at radius 3 is 2.03 bits per heavy atom. The van der Waals surface area contributed by atoms with Crippen LogP contribution in [0.4, 0.5) is 5.69 Å². The summed E-state index contributed by atoms with van der Waals surface area (Å²) < 4.78 is 15.0. The largest absolute Gasteiger partial charge is 0.465 e. The molecule has 0 spiro atoms. The van der Waals surface area contributed by atoms with Crippen LogP contribution in [-0.4, -0.2) is 30.9 Å². The maximum absolute atomic E-state index is 13.1. The van der Waals surface area contributed by atoms with Crippen molar-refractivity contribution in [1.29, 1.82) is 0 Å². The molecule has 1 amide bonds. The zero-order chi connectivity index (χ0) is 24.0. The van der Waals surface area contributed by atoms with Crippen LogP contribution in [0.2, 0.25) is 0 Å². The molecule has 3 aromatic rings. The van der Waals surface area contributed by atoms with Crippen molar-refractivity contribution in [2.24, 2.45) is 0 Å². The van der Waals surface area contributed by atoms with Gasteiger partial charge in [-0.15, -0.1) is 0 Å². The van der Waals surface area contributed by atoms with E-state index in [4.69, 9.17) is 14.2 Å². The molecule has 0 unspecified atom stereocenters. The molecule has 1 N–H and O–H groups in total. The lowest BCUT2D eigenvalue weighted by atomic mass is 10.0. The molecular weight excluding hydrogens is 426 g/mol. The molecule has 0 heterocycles. The van der Waals surface area contributed by atoms with Crippen molar-refractivity contribution in [3.63, 3.8) is 0 Å². The second kappa shape index (κ2) is 10.2. The molecule has 0 atom stereocenters. The van der Waals surface area contributed by atoms with E-state index in [9.17, 15) is 19.2 Å². The van der Waals surface area contributed by atoms with Crippen molar-refractivity contribution in [2.75, 3.05) is 12.4 Å². The minimum Gasteiger partial charge on any atom is -0.465 e. The monoisotopic (exact) mass is 447 g/mol. The van der Waals surface area contributed by atoms with Crippen molar-refractivity contribution in [3.05, 3.63) is 77.9 Å². The quantitative estimate of drug-likeness (QED) is 0.445. The fraction of sp³-hybridized carbons (Fsp3) is 0.120. The maximum Gasteiger partial charge on any atom is 0.339 e. The van der Waals surface area contributed by atoms with Gasteiger partial charge in [-0.3, -0.25) is 14.4 Å². The third-order valence-corrected chi connectivity index (χ3v) is 4.49. The third kappa shape index (κ3) is 5.82. The molecule has 168 valence electrons. The van der Waals surface area contributed by atoms with Gasteiger partial charge in [0.25, 0.3) is 5.91 Å². The van der Waals surface area contributed by atoms with Gasteiger partial charge in [0.15, 0.2) is 0 Å². The Labute approximate surface area is 190 Å². The van der Waals surface area contributed by atoms with E-state index in [2.05, 4.69) is 5.32 Å². The van der Waals surface area contributed by atoms with E-state index >= 15 is 0 Å². The minimum atomic E-state index is -0.662. The summed E-state index contributed by atoms with van der Waals surface area (Å²) in [5.74, 6) is -2.49. The molecular formula is C25H21NO7. The smallest absolute Gasteiger partial charge is 0.339 e. The first kappa shape index (κ1) is 23.2. The number of hydrogen-bond donors (Lipinski definition) is 1. The first-order valence-electron chi connectivity index (χ1n) is 9.88. The lowest BCUT2D eigenvalue weighted by Gasteiger charge is -2.14.